The van der Waals surface area contributed by atoms with Crippen LogP contribution >= 0.6 is 0 Å². The van der Waals surface area contributed by atoms with Gasteiger partial charge in [-0.25, -0.2) is 0 Å². The van der Waals surface area contributed by atoms with Gasteiger partial charge in [-0.1, -0.05) is 38.1 Å². The molecule has 18 heavy (non-hydrogen) atoms. The Labute approximate surface area is 109 Å². The summed E-state index contributed by atoms with van der Waals surface area (Å²) >= 11 is 0. The summed E-state index contributed by atoms with van der Waals surface area (Å²) in [5, 5.41) is 8.76. The van der Waals surface area contributed by atoms with Crippen LogP contribution < -0.4 is 0 Å². The predicted octanol–water partition coefficient (Wildman–Crippen LogP) is 2.19. The molecule has 0 saturated carbocycles. The molecule has 0 heterocycles. The number of benzene rings is 1. The maximum atomic E-state index is 11.7. The van der Waals surface area contributed by atoms with E-state index >= 15 is 0 Å². The molecular weight excluding hydrogens is 226 g/mol. The molecule has 0 saturated heterocycles. The van der Waals surface area contributed by atoms with Crippen LogP contribution in [0.1, 0.15) is 37.3 Å². The molecule has 1 N–H and O–H groups in total. The van der Waals surface area contributed by atoms with E-state index in [0.717, 1.165) is 6.42 Å². The average Bonchev–Trinajstić information content (AvgIpc) is 2.36. The number of rotatable bonds is 6. The first-order chi connectivity index (χ1) is 8.54. The number of carbonyl (C=O) groups is 1. The molecule has 0 fully saturated rings. The largest absolute Gasteiger partial charge is 0.395 e. The van der Waals surface area contributed by atoms with Gasteiger partial charge < -0.3 is 10.0 Å². The van der Waals surface area contributed by atoms with Crippen LogP contribution in [-0.4, -0.2) is 36.1 Å². The Kier molecular flexibility index (Phi) is 5.86. The monoisotopic (exact) mass is 249 g/mol. The molecule has 1 aromatic carbocycles. The molecule has 0 aliphatic carbocycles. The van der Waals surface area contributed by atoms with E-state index in [9.17, 15) is 4.79 Å². The van der Waals surface area contributed by atoms with Gasteiger partial charge in [0.2, 0.25) is 5.91 Å². The van der Waals surface area contributed by atoms with Gasteiger partial charge in [-0.3, -0.25) is 4.79 Å². The van der Waals surface area contributed by atoms with E-state index in [4.69, 9.17) is 5.11 Å². The van der Waals surface area contributed by atoms with E-state index in [0.29, 0.717) is 18.9 Å². The lowest BCUT2D eigenvalue weighted by molar-refractivity contribution is -0.130. The van der Waals surface area contributed by atoms with Crippen molar-refractivity contribution in [3.63, 3.8) is 0 Å². The number of aryl methyl sites for hydroxylation is 1. The molecule has 3 heteroatoms. The second-order valence-corrected chi connectivity index (χ2v) is 4.94. The summed E-state index contributed by atoms with van der Waals surface area (Å²) in [6, 6.07) is 8.44. The molecule has 0 aliphatic heterocycles. The zero-order valence-corrected chi connectivity index (χ0v) is 11.5. The van der Waals surface area contributed by atoms with Crippen molar-refractivity contribution >= 4 is 5.91 Å². The quantitative estimate of drug-likeness (QED) is 0.839. The molecule has 0 atom stereocenters. The highest BCUT2D eigenvalue weighted by molar-refractivity contribution is 5.76. The first-order valence-electron chi connectivity index (χ1n) is 6.48. The molecule has 3 nitrogen and oxygen atoms in total. The SMILES string of the molecule is CC(C)c1ccc(CCC(=O)N(C)CCO)cc1. The van der Waals surface area contributed by atoms with Crippen molar-refractivity contribution in [2.75, 3.05) is 20.2 Å². The van der Waals surface area contributed by atoms with E-state index in [1.165, 1.54) is 11.1 Å². The van der Waals surface area contributed by atoms with Crippen molar-refractivity contribution in [3.05, 3.63) is 35.4 Å². The number of aliphatic hydroxyl groups excluding tert-OH is 1. The maximum Gasteiger partial charge on any atom is 0.222 e. The number of carbonyl (C=O) groups excluding carboxylic acids is 1. The second kappa shape index (κ2) is 7.17. The topological polar surface area (TPSA) is 40.5 Å². The summed E-state index contributed by atoms with van der Waals surface area (Å²) < 4.78 is 0. The molecule has 1 aromatic rings. The van der Waals surface area contributed by atoms with Crippen molar-refractivity contribution in [1.29, 1.82) is 0 Å². The second-order valence-electron chi connectivity index (χ2n) is 4.94. The summed E-state index contributed by atoms with van der Waals surface area (Å²) in [5.74, 6) is 0.619. The third kappa shape index (κ3) is 4.49. The van der Waals surface area contributed by atoms with Crippen LogP contribution in [0.5, 0.6) is 0 Å². The first-order valence-corrected chi connectivity index (χ1v) is 6.48. The fourth-order valence-corrected chi connectivity index (χ4v) is 1.79. The van der Waals surface area contributed by atoms with Crippen molar-refractivity contribution in [2.45, 2.75) is 32.6 Å². The Hall–Kier alpha value is -1.35. The predicted molar refractivity (Wildman–Crippen MR) is 73.6 cm³/mol. The summed E-state index contributed by atoms with van der Waals surface area (Å²) in [6.45, 7) is 4.77. The van der Waals surface area contributed by atoms with Crippen LogP contribution in [0.3, 0.4) is 0 Å². The number of hydrogen-bond donors (Lipinski definition) is 1. The van der Waals surface area contributed by atoms with E-state index in [1.807, 2.05) is 0 Å². The average molecular weight is 249 g/mol. The summed E-state index contributed by atoms with van der Waals surface area (Å²) in [5.41, 5.74) is 2.51. The molecule has 1 amide bonds. The van der Waals surface area contributed by atoms with Gasteiger partial charge in [0.25, 0.3) is 0 Å². The normalized spacial score (nSPS) is 10.7. The third-order valence-electron chi connectivity index (χ3n) is 3.14. The van der Waals surface area contributed by atoms with Gasteiger partial charge in [0.15, 0.2) is 0 Å². The Morgan fingerprint density at radius 3 is 2.39 bits per heavy atom. The minimum absolute atomic E-state index is 0.0192. The fourth-order valence-electron chi connectivity index (χ4n) is 1.79. The molecule has 1 rings (SSSR count). The number of aliphatic hydroxyl groups is 1. The minimum Gasteiger partial charge on any atom is -0.395 e. The Bertz CT molecular complexity index is 371. The van der Waals surface area contributed by atoms with Gasteiger partial charge in [0, 0.05) is 20.0 Å². The van der Waals surface area contributed by atoms with Crippen LogP contribution in [0.15, 0.2) is 24.3 Å². The van der Waals surface area contributed by atoms with Gasteiger partial charge in [-0.05, 0) is 23.5 Å². The summed E-state index contributed by atoms with van der Waals surface area (Å²) in [6.07, 6.45) is 1.25. The van der Waals surface area contributed by atoms with Crippen LogP contribution in [0.4, 0.5) is 0 Å². The molecule has 0 radical (unpaired) electrons. The number of likely N-dealkylation sites (N-methyl/N-ethyl adjacent to an activating group) is 1. The van der Waals surface area contributed by atoms with Gasteiger partial charge in [0.05, 0.1) is 6.61 Å². The molecule has 0 bridgehead atoms. The fraction of sp³-hybridized carbons (Fsp3) is 0.533. The Morgan fingerprint density at radius 1 is 1.28 bits per heavy atom. The summed E-state index contributed by atoms with van der Waals surface area (Å²) in [4.78, 5) is 13.3. The zero-order valence-electron chi connectivity index (χ0n) is 11.5. The lowest BCUT2D eigenvalue weighted by Gasteiger charge is -2.15. The van der Waals surface area contributed by atoms with Crippen LogP contribution in [0.25, 0.3) is 0 Å². The third-order valence-corrected chi connectivity index (χ3v) is 3.14. The molecule has 0 aliphatic rings. The van der Waals surface area contributed by atoms with Gasteiger partial charge >= 0.3 is 0 Å². The smallest absolute Gasteiger partial charge is 0.222 e. The van der Waals surface area contributed by atoms with E-state index in [-0.39, 0.29) is 12.5 Å². The Morgan fingerprint density at radius 2 is 1.89 bits per heavy atom. The summed E-state index contributed by atoms with van der Waals surface area (Å²) in [7, 11) is 1.72. The van der Waals surface area contributed by atoms with Crippen LogP contribution in [-0.2, 0) is 11.2 Å². The number of nitrogens with zero attached hydrogens (tertiary/aromatic N) is 1. The maximum absolute atomic E-state index is 11.7. The number of hydrogen-bond acceptors (Lipinski definition) is 2. The van der Waals surface area contributed by atoms with E-state index in [2.05, 4.69) is 38.1 Å². The van der Waals surface area contributed by atoms with Gasteiger partial charge in [0.1, 0.15) is 0 Å². The first kappa shape index (κ1) is 14.7. The standard InChI is InChI=1S/C15H23NO2/c1-12(2)14-7-4-13(5-8-14)6-9-15(18)16(3)10-11-17/h4-5,7-8,12,17H,6,9-11H2,1-3H3. The van der Waals surface area contributed by atoms with Crippen molar-refractivity contribution in [2.24, 2.45) is 0 Å². The zero-order chi connectivity index (χ0) is 13.5. The molecular formula is C15H23NO2. The molecule has 0 aromatic heterocycles. The molecule has 0 unspecified atom stereocenters. The highest BCUT2D eigenvalue weighted by atomic mass is 16.3. The van der Waals surface area contributed by atoms with E-state index < -0.39 is 0 Å². The van der Waals surface area contributed by atoms with Gasteiger partial charge in [-0.15, -0.1) is 0 Å². The Balaban J connectivity index is 2.46. The van der Waals surface area contributed by atoms with Crippen molar-refractivity contribution in [3.8, 4) is 0 Å². The lowest BCUT2D eigenvalue weighted by atomic mass is 10.0. The highest BCUT2D eigenvalue weighted by Gasteiger charge is 2.08. The van der Waals surface area contributed by atoms with Crippen molar-refractivity contribution in [1.82, 2.24) is 4.90 Å². The van der Waals surface area contributed by atoms with Crippen LogP contribution in [0.2, 0.25) is 0 Å². The highest BCUT2D eigenvalue weighted by Crippen LogP contribution is 2.15. The van der Waals surface area contributed by atoms with Crippen LogP contribution in [0, 0.1) is 0 Å². The van der Waals surface area contributed by atoms with Crippen molar-refractivity contribution < 1.29 is 9.90 Å². The number of amides is 1. The minimum atomic E-state index is 0.0192. The molecule has 0 spiro atoms. The molecule has 100 valence electrons. The van der Waals surface area contributed by atoms with E-state index in [1.54, 1.807) is 11.9 Å². The lowest BCUT2D eigenvalue weighted by Crippen LogP contribution is -2.29. The van der Waals surface area contributed by atoms with Gasteiger partial charge in [-0.2, -0.15) is 0 Å².